The summed E-state index contributed by atoms with van der Waals surface area (Å²) in [7, 11) is 0. The molecule has 2 rings (SSSR count). The molecule has 0 spiro atoms. The Bertz CT molecular complexity index is 497. The van der Waals surface area contributed by atoms with Gasteiger partial charge in [0.2, 0.25) is 0 Å². The monoisotopic (exact) mass is 246 g/mol. The third-order valence-electron chi connectivity index (χ3n) is 3.31. The van der Waals surface area contributed by atoms with Crippen molar-refractivity contribution in [1.29, 1.82) is 0 Å². The van der Waals surface area contributed by atoms with Gasteiger partial charge in [-0.1, -0.05) is 37.8 Å². The molecule has 0 radical (unpaired) electrons. The van der Waals surface area contributed by atoms with Crippen molar-refractivity contribution in [3.63, 3.8) is 0 Å². The first-order valence-corrected chi connectivity index (χ1v) is 6.34. The first-order valence-electron chi connectivity index (χ1n) is 6.34. The van der Waals surface area contributed by atoms with E-state index >= 15 is 0 Å². The topological polar surface area (TPSA) is 20.2 Å². The fourth-order valence-electron chi connectivity index (χ4n) is 2.42. The molecular weight excluding hydrogens is 227 g/mol. The highest BCUT2D eigenvalue weighted by molar-refractivity contribution is 5.40. The largest absolute Gasteiger partial charge is 0.377 e. The van der Waals surface area contributed by atoms with Gasteiger partial charge >= 0.3 is 0 Å². The summed E-state index contributed by atoms with van der Waals surface area (Å²) >= 11 is 0. The zero-order valence-corrected chi connectivity index (χ0v) is 11.1. The Balaban J connectivity index is 2.14. The minimum absolute atomic E-state index is 0.108. The Morgan fingerprint density at radius 2 is 2.00 bits per heavy atom. The second-order valence-electron chi connectivity index (χ2n) is 5.83. The van der Waals surface area contributed by atoms with E-state index in [2.05, 4.69) is 31.8 Å². The van der Waals surface area contributed by atoms with Crippen LogP contribution in [0.15, 0.2) is 24.3 Å². The van der Waals surface area contributed by atoms with E-state index in [-0.39, 0.29) is 12.8 Å². The molecule has 0 atom stereocenters. The molecular formula is C16H19FO. The van der Waals surface area contributed by atoms with Crippen LogP contribution < -0.4 is 0 Å². The van der Waals surface area contributed by atoms with Crippen LogP contribution in [0.25, 0.3) is 0 Å². The summed E-state index contributed by atoms with van der Waals surface area (Å²) in [5.41, 5.74) is -0.305. The number of hydrogen-bond donors (Lipinski definition) is 1. The Morgan fingerprint density at radius 3 is 2.56 bits per heavy atom. The lowest BCUT2D eigenvalue weighted by molar-refractivity contribution is -0.0920. The van der Waals surface area contributed by atoms with Crippen LogP contribution in [0.4, 0.5) is 4.39 Å². The van der Waals surface area contributed by atoms with Crippen molar-refractivity contribution in [1.82, 2.24) is 0 Å². The van der Waals surface area contributed by atoms with Crippen molar-refractivity contribution in [2.45, 2.75) is 50.8 Å². The molecule has 0 aliphatic heterocycles. The van der Waals surface area contributed by atoms with E-state index in [1.807, 2.05) is 18.2 Å². The van der Waals surface area contributed by atoms with Crippen LogP contribution in [0, 0.1) is 11.8 Å². The molecule has 18 heavy (non-hydrogen) atoms. The van der Waals surface area contributed by atoms with Crippen LogP contribution in [0.5, 0.6) is 0 Å². The summed E-state index contributed by atoms with van der Waals surface area (Å²) < 4.78 is 13.4. The highest BCUT2D eigenvalue weighted by Gasteiger charge is 2.50. The molecule has 1 N–H and O–H groups in total. The fourth-order valence-corrected chi connectivity index (χ4v) is 2.42. The van der Waals surface area contributed by atoms with E-state index < -0.39 is 11.3 Å². The van der Waals surface area contributed by atoms with Gasteiger partial charge in [-0.2, -0.15) is 0 Å². The normalized spacial score (nSPS) is 30.6. The molecule has 1 aliphatic rings. The molecule has 0 aromatic heterocycles. The first-order chi connectivity index (χ1) is 8.30. The SMILES string of the molecule is CC(C)c1cccc(C#CC2(O)CC(C)(F)C2)c1. The third-order valence-corrected chi connectivity index (χ3v) is 3.31. The number of benzene rings is 1. The minimum atomic E-state index is -1.26. The number of halogens is 1. The van der Waals surface area contributed by atoms with Crippen LogP contribution in [-0.4, -0.2) is 16.4 Å². The maximum atomic E-state index is 13.4. The Morgan fingerprint density at radius 1 is 1.33 bits per heavy atom. The zero-order chi connectivity index (χ0) is 13.4. The van der Waals surface area contributed by atoms with Gasteiger partial charge in [-0.15, -0.1) is 0 Å². The quantitative estimate of drug-likeness (QED) is 0.753. The summed E-state index contributed by atoms with van der Waals surface area (Å²) in [4.78, 5) is 0. The number of rotatable bonds is 1. The number of aliphatic hydroxyl groups is 1. The summed E-state index contributed by atoms with van der Waals surface area (Å²) in [5.74, 6) is 6.20. The lowest BCUT2D eigenvalue weighted by Gasteiger charge is -2.42. The molecule has 0 heterocycles. The molecule has 0 bridgehead atoms. The summed E-state index contributed by atoms with van der Waals surface area (Å²) in [5, 5.41) is 9.97. The smallest absolute Gasteiger partial charge is 0.131 e. The van der Waals surface area contributed by atoms with Crippen molar-refractivity contribution >= 4 is 0 Å². The van der Waals surface area contributed by atoms with Crippen LogP contribution in [0.1, 0.15) is 50.7 Å². The molecule has 0 amide bonds. The summed E-state index contributed by atoms with van der Waals surface area (Å²) in [6.45, 7) is 5.75. The Kier molecular flexibility index (Phi) is 3.21. The van der Waals surface area contributed by atoms with Crippen molar-refractivity contribution in [3.05, 3.63) is 35.4 Å². The van der Waals surface area contributed by atoms with E-state index in [0.717, 1.165) is 5.56 Å². The molecule has 1 aromatic carbocycles. The van der Waals surface area contributed by atoms with Gasteiger partial charge in [-0.25, -0.2) is 4.39 Å². The van der Waals surface area contributed by atoms with E-state index in [9.17, 15) is 9.50 Å². The van der Waals surface area contributed by atoms with E-state index in [1.54, 1.807) is 0 Å². The lowest BCUT2D eigenvalue weighted by Crippen LogP contribution is -2.51. The predicted molar refractivity (Wildman–Crippen MR) is 71.1 cm³/mol. The van der Waals surface area contributed by atoms with Crippen molar-refractivity contribution < 1.29 is 9.50 Å². The van der Waals surface area contributed by atoms with Crippen molar-refractivity contribution in [2.24, 2.45) is 0 Å². The third kappa shape index (κ3) is 2.91. The predicted octanol–water partition coefficient (Wildman–Crippen LogP) is 3.41. The minimum Gasteiger partial charge on any atom is -0.377 e. The van der Waals surface area contributed by atoms with Gasteiger partial charge in [0.1, 0.15) is 11.3 Å². The van der Waals surface area contributed by atoms with Gasteiger partial charge in [0.05, 0.1) is 0 Å². The van der Waals surface area contributed by atoms with Crippen LogP contribution >= 0.6 is 0 Å². The van der Waals surface area contributed by atoms with Gasteiger partial charge < -0.3 is 5.11 Å². The summed E-state index contributed by atoms with van der Waals surface area (Å²) in [6, 6.07) is 7.96. The molecule has 96 valence electrons. The molecule has 0 unspecified atom stereocenters. The number of alkyl halides is 1. The Labute approximate surface area is 108 Å². The molecule has 1 saturated carbocycles. The maximum absolute atomic E-state index is 13.4. The van der Waals surface area contributed by atoms with Gasteiger partial charge in [0.15, 0.2) is 0 Å². The molecule has 0 saturated heterocycles. The molecule has 1 fully saturated rings. The highest BCUT2D eigenvalue weighted by Crippen LogP contribution is 2.43. The average Bonchev–Trinajstić information content (AvgIpc) is 2.24. The van der Waals surface area contributed by atoms with Crippen LogP contribution in [-0.2, 0) is 0 Å². The molecule has 2 heteroatoms. The zero-order valence-electron chi connectivity index (χ0n) is 11.1. The fraction of sp³-hybridized carbons (Fsp3) is 0.500. The second kappa shape index (κ2) is 4.40. The lowest BCUT2D eigenvalue weighted by atomic mass is 9.70. The van der Waals surface area contributed by atoms with E-state index in [1.165, 1.54) is 12.5 Å². The maximum Gasteiger partial charge on any atom is 0.131 e. The van der Waals surface area contributed by atoms with Crippen molar-refractivity contribution in [3.8, 4) is 11.8 Å². The van der Waals surface area contributed by atoms with Gasteiger partial charge in [0, 0.05) is 18.4 Å². The van der Waals surface area contributed by atoms with E-state index in [0.29, 0.717) is 5.92 Å². The molecule has 1 aromatic rings. The average molecular weight is 246 g/mol. The van der Waals surface area contributed by atoms with Gasteiger partial charge in [-0.3, -0.25) is 0 Å². The second-order valence-corrected chi connectivity index (χ2v) is 5.83. The summed E-state index contributed by atoms with van der Waals surface area (Å²) in [6.07, 6.45) is 0.216. The molecule has 1 aliphatic carbocycles. The van der Waals surface area contributed by atoms with E-state index in [4.69, 9.17) is 0 Å². The standard InChI is InChI=1S/C16H19FO/c1-12(2)14-6-4-5-13(9-14)7-8-16(18)10-15(3,17)11-16/h4-6,9,12,18H,10-11H2,1-3H3. The van der Waals surface area contributed by atoms with Crippen LogP contribution in [0.3, 0.4) is 0 Å². The van der Waals surface area contributed by atoms with Gasteiger partial charge in [0.25, 0.3) is 0 Å². The molecule has 1 nitrogen and oxygen atoms in total. The first kappa shape index (κ1) is 13.1. The number of hydrogen-bond acceptors (Lipinski definition) is 1. The van der Waals surface area contributed by atoms with Gasteiger partial charge in [-0.05, 0) is 30.5 Å². The van der Waals surface area contributed by atoms with Crippen molar-refractivity contribution in [2.75, 3.05) is 0 Å². The highest BCUT2D eigenvalue weighted by atomic mass is 19.1. The Hall–Kier alpha value is -1.33. The van der Waals surface area contributed by atoms with Crippen LogP contribution in [0.2, 0.25) is 0 Å².